The van der Waals surface area contributed by atoms with Gasteiger partial charge in [-0.05, 0) is 13.1 Å². The summed E-state index contributed by atoms with van der Waals surface area (Å²) in [6.45, 7) is 1.51. The Morgan fingerprint density at radius 2 is 2.40 bits per heavy atom. The van der Waals surface area contributed by atoms with Gasteiger partial charge in [-0.1, -0.05) is 0 Å². The number of amides is 1. The van der Waals surface area contributed by atoms with Crippen molar-refractivity contribution in [2.24, 2.45) is 0 Å². The highest BCUT2D eigenvalue weighted by molar-refractivity contribution is 6.05. The fourth-order valence-electron chi connectivity index (χ4n) is 2.84. The smallest absolute Gasteiger partial charge is 0.272 e. The molecule has 1 unspecified atom stereocenters. The third-order valence-electron chi connectivity index (χ3n) is 4.60. The van der Waals surface area contributed by atoms with E-state index in [0.29, 0.717) is 30.7 Å². The first-order chi connectivity index (χ1) is 12.0. The maximum atomic E-state index is 12.5. The van der Waals surface area contributed by atoms with Crippen molar-refractivity contribution in [3.8, 4) is 0 Å². The number of H-pyrrole nitrogens is 1. The van der Waals surface area contributed by atoms with E-state index in [1.165, 1.54) is 18.2 Å². The molecule has 134 valence electrons. The van der Waals surface area contributed by atoms with E-state index in [2.05, 4.69) is 15.5 Å². The molecule has 10 heteroatoms. The van der Waals surface area contributed by atoms with Gasteiger partial charge in [0.2, 0.25) is 0 Å². The number of likely N-dealkylation sites (N-methyl/N-ethyl adjacent to an activating group) is 1. The van der Waals surface area contributed by atoms with Crippen LogP contribution in [0.15, 0.2) is 18.2 Å². The zero-order valence-corrected chi connectivity index (χ0v) is 13.7. The summed E-state index contributed by atoms with van der Waals surface area (Å²) in [4.78, 5) is 24.9. The highest BCUT2D eigenvalue weighted by Gasteiger charge is 2.37. The van der Waals surface area contributed by atoms with Crippen LogP contribution < -0.4 is 5.32 Å². The predicted molar refractivity (Wildman–Crippen MR) is 88.3 cm³/mol. The molecule has 1 amide bonds. The first-order valence-electron chi connectivity index (χ1n) is 7.77. The van der Waals surface area contributed by atoms with Gasteiger partial charge >= 0.3 is 0 Å². The van der Waals surface area contributed by atoms with Gasteiger partial charge in [0, 0.05) is 30.6 Å². The molecule has 25 heavy (non-hydrogen) atoms. The van der Waals surface area contributed by atoms with Crippen LogP contribution in [0.1, 0.15) is 10.5 Å². The summed E-state index contributed by atoms with van der Waals surface area (Å²) in [7, 11) is 1.86. The van der Waals surface area contributed by atoms with E-state index in [0.717, 1.165) is 0 Å². The molecule has 10 nitrogen and oxygen atoms in total. The van der Waals surface area contributed by atoms with Gasteiger partial charge in [-0.2, -0.15) is 5.10 Å². The summed E-state index contributed by atoms with van der Waals surface area (Å²) >= 11 is 0. The SMILES string of the molecule is CN1CCOCC1(CO)CNC(=O)c1n[nH]c2ccc([N+](=O)[O-])cc12. The number of hydrogen-bond acceptors (Lipinski definition) is 7. The number of rotatable bonds is 5. The zero-order valence-electron chi connectivity index (χ0n) is 13.7. The molecule has 1 aromatic heterocycles. The molecule has 1 atom stereocenters. The van der Waals surface area contributed by atoms with Gasteiger partial charge in [0.05, 0.1) is 35.8 Å². The first kappa shape index (κ1) is 17.3. The zero-order chi connectivity index (χ0) is 18.0. The Kier molecular flexibility index (Phi) is 4.66. The normalized spacial score (nSPS) is 21.4. The molecule has 0 bridgehead atoms. The second-order valence-electron chi connectivity index (χ2n) is 6.10. The Balaban J connectivity index is 1.80. The van der Waals surface area contributed by atoms with Crippen molar-refractivity contribution in [3.63, 3.8) is 0 Å². The Morgan fingerprint density at radius 1 is 1.60 bits per heavy atom. The fraction of sp³-hybridized carbons (Fsp3) is 0.467. The highest BCUT2D eigenvalue weighted by atomic mass is 16.6. The number of nitro benzene ring substituents is 1. The standard InChI is InChI=1S/C15H19N5O5/c1-19-4-5-25-9-15(19,8-21)7-16-14(22)13-11-6-10(20(23)24)2-3-12(11)17-18-13/h2-3,6,21H,4-5,7-9H2,1H3,(H,16,22)(H,17,18). The van der Waals surface area contributed by atoms with Crippen LogP contribution >= 0.6 is 0 Å². The lowest BCUT2D eigenvalue weighted by atomic mass is 9.98. The van der Waals surface area contributed by atoms with Gasteiger partial charge < -0.3 is 15.2 Å². The van der Waals surface area contributed by atoms with Crippen LogP contribution in [0.3, 0.4) is 0 Å². The Morgan fingerprint density at radius 3 is 3.08 bits per heavy atom. The van der Waals surface area contributed by atoms with Gasteiger partial charge in [-0.25, -0.2) is 0 Å². The van der Waals surface area contributed by atoms with E-state index in [-0.39, 0.29) is 24.5 Å². The number of nitro groups is 1. The molecular weight excluding hydrogens is 330 g/mol. The number of carbonyl (C=O) groups is 1. The summed E-state index contributed by atoms with van der Waals surface area (Å²) in [5, 5.41) is 30.4. The first-order valence-corrected chi connectivity index (χ1v) is 7.77. The molecule has 2 heterocycles. The van der Waals surface area contributed by atoms with Gasteiger partial charge in [0.1, 0.15) is 0 Å². The van der Waals surface area contributed by atoms with Gasteiger partial charge in [-0.3, -0.25) is 24.9 Å². The van der Waals surface area contributed by atoms with Crippen molar-refractivity contribution in [3.05, 3.63) is 34.0 Å². The minimum atomic E-state index is -0.702. The van der Waals surface area contributed by atoms with Crippen LogP contribution in [-0.4, -0.2) is 76.5 Å². The molecule has 0 saturated carbocycles. The van der Waals surface area contributed by atoms with Crippen LogP contribution in [0, 0.1) is 10.1 Å². The van der Waals surface area contributed by atoms with E-state index in [4.69, 9.17) is 4.74 Å². The highest BCUT2D eigenvalue weighted by Crippen LogP contribution is 2.22. The maximum absolute atomic E-state index is 12.5. The second kappa shape index (κ2) is 6.75. The molecule has 0 aliphatic carbocycles. The number of hydrogen-bond donors (Lipinski definition) is 3. The van der Waals surface area contributed by atoms with Gasteiger partial charge in [0.15, 0.2) is 5.69 Å². The summed E-state index contributed by atoms with van der Waals surface area (Å²) in [6.07, 6.45) is 0. The number of fused-ring (bicyclic) bond motifs is 1. The largest absolute Gasteiger partial charge is 0.394 e. The lowest BCUT2D eigenvalue weighted by molar-refractivity contribution is -0.384. The minimum absolute atomic E-state index is 0.0752. The monoisotopic (exact) mass is 349 g/mol. The minimum Gasteiger partial charge on any atom is -0.394 e. The van der Waals surface area contributed by atoms with E-state index in [1.807, 2.05) is 11.9 Å². The number of benzene rings is 1. The fourth-order valence-corrected chi connectivity index (χ4v) is 2.84. The number of non-ortho nitro benzene ring substituents is 1. The number of morpholine rings is 1. The van der Waals surface area contributed by atoms with Crippen molar-refractivity contribution in [2.75, 3.05) is 40.0 Å². The summed E-state index contributed by atoms with van der Waals surface area (Å²) in [5.41, 5.74) is -0.210. The molecule has 1 aromatic carbocycles. The van der Waals surface area contributed by atoms with Crippen LogP contribution in [0.5, 0.6) is 0 Å². The Labute approximate surface area is 142 Å². The molecule has 0 radical (unpaired) electrons. The molecule has 1 saturated heterocycles. The number of aromatic amines is 1. The second-order valence-corrected chi connectivity index (χ2v) is 6.10. The van der Waals surface area contributed by atoms with Crippen molar-refractivity contribution in [1.29, 1.82) is 0 Å². The van der Waals surface area contributed by atoms with E-state index >= 15 is 0 Å². The van der Waals surface area contributed by atoms with Gasteiger partial charge in [-0.15, -0.1) is 0 Å². The number of nitrogens with zero attached hydrogens (tertiary/aromatic N) is 3. The third kappa shape index (κ3) is 3.18. The molecule has 3 rings (SSSR count). The number of aromatic nitrogens is 2. The molecular formula is C15H19N5O5. The molecule has 1 aliphatic rings. The Hall–Kier alpha value is -2.56. The van der Waals surface area contributed by atoms with E-state index < -0.39 is 16.4 Å². The van der Waals surface area contributed by atoms with E-state index in [1.54, 1.807) is 0 Å². The summed E-state index contributed by atoms with van der Waals surface area (Å²) in [5.74, 6) is -0.474. The lowest BCUT2D eigenvalue weighted by Gasteiger charge is -2.43. The maximum Gasteiger partial charge on any atom is 0.272 e. The van der Waals surface area contributed by atoms with Gasteiger partial charge in [0.25, 0.3) is 11.6 Å². The van der Waals surface area contributed by atoms with Crippen LogP contribution in [-0.2, 0) is 4.74 Å². The molecule has 3 N–H and O–H groups in total. The van der Waals surface area contributed by atoms with Crippen molar-refractivity contribution >= 4 is 22.5 Å². The summed E-state index contributed by atoms with van der Waals surface area (Å²) < 4.78 is 5.43. The predicted octanol–water partition coefficient (Wildman–Crippen LogP) is -0.106. The number of aliphatic hydroxyl groups is 1. The van der Waals surface area contributed by atoms with Crippen LogP contribution in [0.25, 0.3) is 10.9 Å². The molecule has 2 aromatic rings. The number of aliphatic hydroxyl groups excluding tert-OH is 1. The lowest BCUT2D eigenvalue weighted by Crippen LogP contribution is -2.63. The quantitative estimate of drug-likeness (QED) is 0.507. The van der Waals surface area contributed by atoms with Crippen molar-refractivity contribution in [1.82, 2.24) is 20.4 Å². The van der Waals surface area contributed by atoms with Crippen molar-refractivity contribution in [2.45, 2.75) is 5.54 Å². The third-order valence-corrected chi connectivity index (χ3v) is 4.60. The molecule has 0 spiro atoms. The summed E-state index contributed by atoms with van der Waals surface area (Å²) in [6, 6.07) is 4.16. The topological polar surface area (TPSA) is 134 Å². The molecule has 1 fully saturated rings. The Bertz CT molecular complexity index is 807. The molecule has 1 aliphatic heterocycles. The number of carbonyl (C=O) groups excluding carboxylic acids is 1. The average Bonchev–Trinajstić information content (AvgIpc) is 3.04. The average molecular weight is 349 g/mol. The van der Waals surface area contributed by atoms with Crippen molar-refractivity contribution < 1.29 is 19.6 Å². The van der Waals surface area contributed by atoms with Crippen LogP contribution in [0.4, 0.5) is 5.69 Å². The van der Waals surface area contributed by atoms with Crippen LogP contribution in [0.2, 0.25) is 0 Å². The number of nitrogens with one attached hydrogen (secondary N) is 2. The number of ether oxygens (including phenoxy) is 1. The van der Waals surface area contributed by atoms with E-state index in [9.17, 15) is 20.0 Å².